The molecule has 0 saturated heterocycles. The van der Waals surface area contributed by atoms with E-state index in [0.29, 0.717) is 12.1 Å². The second kappa shape index (κ2) is 8.05. The Morgan fingerprint density at radius 3 is 2.54 bits per heavy atom. The fourth-order valence-corrected chi connectivity index (χ4v) is 2.10. The third kappa shape index (κ3) is 4.07. The molecule has 7 nitrogen and oxygen atoms in total. The van der Waals surface area contributed by atoms with Gasteiger partial charge in [-0.2, -0.15) is 9.78 Å². The van der Waals surface area contributed by atoms with Crippen molar-refractivity contribution < 1.29 is 14.3 Å². The van der Waals surface area contributed by atoms with Crippen molar-refractivity contribution in [3.8, 4) is 5.69 Å². The van der Waals surface area contributed by atoms with Crippen molar-refractivity contribution in [2.45, 2.75) is 26.7 Å². The standard InChI is InChI=1S/C17H19N3O4/c1-3-8-14(21)18-13-11-15(22)20(12-9-6-5-7-10-12)19-16(13)17(23)24-4-2/h5-7,9-11H,3-4,8H2,1-2H3,(H,18,21). The fraction of sp³-hybridized carbons (Fsp3) is 0.294. The molecule has 1 amide bonds. The van der Waals surface area contributed by atoms with Gasteiger partial charge in [-0.1, -0.05) is 25.1 Å². The Kier molecular flexibility index (Phi) is 5.83. The summed E-state index contributed by atoms with van der Waals surface area (Å²) >= 11 is 0. The molecule has 0 aliphatic rings. The first-order valence-electron chi connectivity index (χ1n) is 7.73. The van der Waals surface area contributed by atoms with Gasteiger partial charge in [0.2, 0.25) is 5.91 Å². The van der Waals surface area contributed by atoms with Crippen molar-refractivity contribution in [3.05, 3.63) is 52.4 Å². The van der Waals surface area contributed by atoms with Crippen LogP contribution in [0.1, 0.15) is 37.2 Å². The number of anilines is 1. The van der Waals surface area contributed by atoms with E-state index >= 15 is 0 Å². The second-order valence-electron chi connectivity index (χ2n) is 5.01. The molecule has 2 rings (SSSR count). The number of esters is 1. The molecule has 0 aliphatic heterocycles. The predicted molar refractivity (Wildman–Crippen MR) is 89.3 cm³/mol. The zero-order chi connectivity index (χ0) is 17.5. The van der Waals surface area contributed by atoms with E-state index in [1.54, 1.807) is 37.3 Å². The molecule has 0 unspecified atom stereocenters. The summed E-state index contributed by atoms with van der Waals surface area (Å²) in [5.41, 5.74) is 0.00867. The van der Waals surface area contributed by atoms with Crippen molar-refractivity contribution in [1.29, 1.82) is 0 Å². The zero-order valence-corrected chi connectivity index (χ0v) is 13.6. The van der Waals surface area contributed by atoms with Gasteiger partial charge in [-0.05, 0) is 25.5 Å². The smallest absolute Gasteiger partial charge is 0.360 e. The first-order chi connectivity index (χ1) is 11.6. The largest absolute Gasteiger partial charge is 0.461 e. The Balaban J connectivity index is 2.51. The van der Waals surface area contributed by atoms with Gasteiger partial charge in [-0.3, -0.25) is 9.59 Å². The van der Waals surface area contributed by atoms with Gasteiger partial charge in [-0.15, -0.1) is 0 Å². The molecule has 126 valence electrons. The molecule has 0 fully saturated rings. The predicted octanol–water partition coefficient (Wildman–Crippen LogP) is 2.15. The third-order valence-corrected chi connectivity index (χ3v) is 3.15. The van der Waals surface area contributed by atoms with Crippen LogP contribution in [0.15, 0.2) is 41.2 Å². The van der Waals surface area contributed by atoms with Crippen LogP contribution >= 0.6 is 0 Å². The van der Waals surface area contributed by atoms with Gasteiger partial charge in [0.05, 0.1) is 18.0 Å². The van der Waals surface area contributed by atoms with Crippen LogP contribution in [0.25, 0.3) is 5.69 Å². The second-order valence-corrected chi connectivity index (χ2v) is 5.01. The van der Waals surface area contributed by atoms with Crippen LogP contribution in [0.4, 0.5) is 5.69 Å². The van der Waals surface area contributed by atoms with Crippen LogP contribution in [0.3, 0.4) is 0 Å². The van der Waals surface area contributed by atoms with Crippen molar-refractivity contribution in [2.75, 3.05) is 11.9 Å². The maximum Gasteiger partial charge on any atom is 0.360 e. The Bertz CT molecular complexity index is 784. The average molecular weight is 329 g/mol. The number of carbonyl (C=O) groups excluding carboxylic acids is 2. The van der Waals surface area contributed by atoms with Gasteiger partial charge in [0.25, 0.3) is 5.56 Å². The number of hydrogen-bond donors (Lipinski definition) is 1. The molecular formula is C17H19N3O4. The van der Waals surface area contributed by atoms with Crippen molar-refractivity contribution in [3.63, 3.8) is 0 Å². The number of aromatic nitrogens is 2. The number of benzene rings is 1. The number of nitrogens with zero attached hydrogens (tertiary/aromatic N) is 2. The maximum atomic E-state index is 12.3. The maximum absolute atomic E-state index is 12.3. The number of carbonyl (C=O) groups is 2. The summed E-state index contributed by atoms with van der Waals surface area (Å²) in [4.78, 5) is 36.3. The normalized spacial score (nSPS) is 10.2. The lowest BCUT2D eigenvalue weighted by Gasteiger charge is -2.12. The first-order valence-corrected chi connectivity index (χ1v) is 7.73. The van der Waals surface area contributed by atoms with Crippen molar-refractivity contribution in [2.24, 2.45) is 0 Å². The van der Waals surface area contributed by atoms with Crippen LogP contribution in [0.2, 0.25) is 0 Å². The molecule has 0 radical (unpaired) electrons. The number of ether oxygens (including phenoxy) is 1. The topological polar surface area (TPSA) is 90.3 Å². The zero-order valence-electron chi connectivity index (χ0n) is 13.6. The molecule has 1 aromatic carbocycles. The molecule has 7 heteroatoms. The molecule has 1 N–H and O–H groups in total. The molecule has 0 bridgehead atoms. The van der Waals surface area contributed by atoms with Gasteiger partial charge >= 0.3 is 5.97 Å². The van der Waals surface area contributed by atoms with Crippen LogP contribution in [0.5, 0.6) is 0 Å². The molecular weight excluding hydrogens is 310 g/mol. The van der Waals surface area contributed by atoms with Gasteiger partial charge in [0.15, 0.2) is 5.69 Å². The van der Waals surface area contributed by atoms with E-state index in [2.05, 4.69) is 10.4 Å². The monoisotopic (exact) mass is 329 g/mol. The average Bonchev–Trinajstić information content (AvgIpc) is 2.56. The Morgan fingerprint density at radius 1 is 1.21 bits per heavy atom. The van der Waals surface area contributed by atoms with Gasteiger partial charge < -0.3 is 10.1 Å². The summed E-state index contributed by atoms with van der Waals surface area (Å²) in [5, 5.41) is 6.64. The van der Waals surface area contributed by atoms with E-state index in [1.807, 2.05) is 6.92 Å². The van der Waals surface area contributed by atoms with E-state index < -0.39 is 11.5 Å². The highest BCUT2D eigenvalue weighted by molar-refractivity contribution is 5.99. The lowest BCUT2D eigenvalue weighted by molar-refractivity contribution is -0.116. The lowest BCUT2D eigenvalue weighted by atomic mass is 10.2. The molecule has 0 aliphatic carbocycles. The van der Waals surface area contributed by atoms with Crippen LogP contribution < -0.4 is 10.9 Å². The summed E-state index contributed by atoms with van der Waals surface area (Å²) in [6, 6.07) is 9.88. The number of para-hydroxylation sites is 1. The van der Waals surface area contributed by atoms with Crippen LogP contribution in [-0.4, -0.2) is 28.3 Å². The van der Waals surface area contributed by atoms with E-state index in [0.717, 1.165) is 4.68 Å². The van der Waals surface area contributed by atoms with E-state index in [1.165, 1.54) is 6.07 Å². The lowest BCUT2D eigenvalue weighted by Crippen LogP contribution is -2.27. The SMILES string of the molecule is CCCC(=O)Nc1cc(=O)n(-c2ccccc2)nc1C(=O)OCC. The van der Waals surface area contributed by atoms with Crippen LogP contribution in [-0.2, 0) is 9.53 Å². The molecule has 0 saturated carbocycles. The van der Waals surface area contributed by atoms with E-state index in [9.17, 15) is 14.4 Å². The molecule has 1 heterocycles. The molecule has 24 heavy (non-hydrogen) atoms. The quantitative estimate of drug-likeness (QED) is 0.820. The van der Waals surface area contributed by atoms with Gasteiger partial charge in [-0.25, -0.2) is 4.79 Å². The number of amides is 1. The summed E-state index contributed by atoms with van der Waals surface area (Å²) in [6.45, 7) is 3.69. The third-order valence-electron chi connectivity index (χ3n) is 3.15. The van der Waals surface area contributed by atoms with Crippen molar-refractivity contribution >= 4 is 17.6 Å². The molecule has 0 atom stereocenters. The first kappa shape index (κ1) is 17.4. The summed E-state index contributed by atoms with van der Waals surface area (Å²) in [6.07, 6.45) is 0.930. The van der Waals surface area contributed by atoms with Crippen molar-refractivity contribution in [1.82, 2.24) is 9.78 Å². The minimum Gasteiger partial charge on any atom is -0.461 e. The number of rotatable bonds is 6. The minimum atomic E-state index is -0.700. The highest BCUT2D eigenvalue weighted by Crippen LogP contribution is 2.14. The Labute approximate surface area is 139 Å². The fourth-order valence-electron chi connectivity index (χ4n) is 2.10. The molecule has 1 aromatic heterocycles. The Hall–Kier alpha value is -2.96. The minimum absolute atomic E-state index is 0.0593. The van der Waals surface area contributed by atoms with Crippen LogP contribution in [0, 0.1) is 0 Å². The van der Waals surface area contributed by atoms with E-state index in [-0.39, 0.29) is 30.3 Å². The van der Waals surface area contributed by atoms with E-state index in [4.69, 9.17) is 4.74 Å². The highest BCUT2D eigenvalue weighted by atomic mass is 16.5. The van der Waals surface area contributed by atoms with Gasteiger partial charge in [0, 0.05) is 12.5 Å². The van der Waals surface area contributed by atoms with Gasteiger partial charge in [0.1, 0.15) is 0 Å². The summed E-state index contributed by atoms with van der Waals surface area (Å²) in [7, 11) is 0. The highest BCUT2D eigenvalue weighted by Gasteiger charge is 2.19. The molecule has 0 spiro atoms. The molecule has 2 aromatic rings. The summed E-state index contributed by atoms with van der Waals surface area (Å²) in [5.74, 6) is -0.990. The summed E-state index contributed by atoms with van der Waals surface area (Å²) < 4.78 is 6.07. The number of hydrogen-bond acceptors (Lipinski definition) is 5. The number of nitrogens with one attached hydrogen (secondary N) is 1. The Morgan fingerprint density at radius 2 is 1.92 bits per heavy atom.